The fourth-order valence-electron chi connectivity index (χ4n) is 7.88. The third kappa shape index (κ3) is 12.6. The second-order valence-electron chi connectivity index (χ2n) is 15.5. The molecule has 2 aliphatic rings. The average molecular weight is 828 g/mol. The number of benzene rings is 1. The topological polar surface area (TPSA) is 208 Å². The van der Waals surface area contributed by atoms with Gasteiger partial charge in [-0.3, -0.25) is 33.7 Å². The monoisotopic (exact) mass is 827 g/mol. The molecule has 0 aliphatic heterocycles. The van der Waals surface area contributed by atoms with Crippen LogP contribution in [0.2, 0.25) is 0 Å². The lowest BCUT2D eigenvalue weighted by Gasteiger charge is -2.48. The van der Waals surface area contributed by atoms with Crippen molar-refractivity contribution in [2.75, 3.05) is 20.7 Å². The van der Waals surface area contributed by atoms with Crippen molar-refractivity contribution >= 4 is 41.8 Å². The van der Waals surface area contributed by atoms with Gasteiger partial charge in [0.1, 0.15) is 31.0 Å². The molecule has 1 aromatic rings. The highest BCUT2D eigenvalue weighted by atomic mass is 16.6. The van der Waals surface area contributed by atoms with Crippen molar-refractivity contribution in [2.45, 2.75) is 125 Å². The number of carbonyl (C=O) groups excluding carboxylic acids is 7. The predicted molar refractivity (Wildman–Crippen MR) is 209 cm³/mol. The number of aliphatic hydroxyl groups is 1. The number of rotatable bonds is 12. The summed E-state index contributed by atoms with van der Waals surface area (Å²) in [7, 11) is 3.33. The number of carbonyl (C=O) groups is 7. The lowest BCUT2D eigenvalue weighted by molar-refractivity contribution is -0.164. The smallest absolute Gasteiger partial charge is 0.337 e. The standard InChI is InChI=1S/C43H57NO15/c1-22-33(54-25(4)46)19-32-36(56-27(6)48)18-31(21-53-24(3)45)35(59-42(52)39(51)38(44(11)12)30-16-14-13-15-17-30)20-34(55-26(5)47)23(2)40(57-28(7)49)41(58-29(8)50)37(22)43(32,9)10/h13-18,32-36,38-39,41,51H,19-21H2,1-12H3/b31-18-,40-23+/t32-,33-,34-,35-,36-,38-,39+,41+/m0/s1. The van der Waals surface area contributed by atoms with Crippen LogP contribution in [-0.4, -0.2) is 109 Å². The van der Waals surface area contributed by atoms with E-state index in [1.807, 2.05) is 0 Å². The molecule has 0 fully saturated rings. The Hall–Kier alpha value is -5.35. The summed E-state index contributed by atoms with van der Waals surface area (Å²) in [6, 6.07) is 7.83. The Morgan fingerprint density at radius 1 is 0.712 bits per heavy atom. The molecule has 3 rings (SSSR count). The Kier molecular flexibility index (Phi) is 16.7. The maximum atomic E-state index is 14.2. The Balaban J connectivity index is 2.53. The van der Waals surface area contributed by atoms with E-state index in [1.165, 1.54) is 26.8 Å². The number of fused-ring (bicyclic) bond motifs is 2. The van der Waals surface area contributed by atoms with Crippen molar-refractivity contribution in [3.63, 3.8) is 0 Å². The van der Waals surface area contributed by atoms with E-state index < -0.39 is 109 Å². The molecular weight excluding hydrogens is 770 g/mol. The second-order valence-corrected chi connectivity index (χ2v) is 15.5. The number of hydrogen-bond donors (Lipinski definition) is 1. The molecule has 59 heavy (non-hydrogen) atoms. The van der Waals surface area contributed by atoms with Gasteiger partial charge in [0, 0.05) is 65.0 Å². The second kappa shape index (κ2) is 20.6. The van der Waals surface area contributed by atoms with E-state index in [9.17, 15) is 38.7 Å². The lowest BCUT2D eigenvalue weighted by Crippen LogP contribution is -2.49. The summed E-state index contributed by atoms with van der Waals surface area (Å²) in [6.45, 7) is 13.1. The van der Waals surface area contributed by atoms with Crippen LogP contribution in [0.25, 0.3) is 0 Å². The maximum Gasteiger partial charge on any atom is 0.337 e. The van der Waals surface area contributed by atoms with E-state index >= 15 is 0 Å². The SMILES string of the molecule is CC(=O)OC/C1=C/[C@H](OC(C)=O)[C@@H]2C[C@H](OC(C)=O)C(C)=C([C@@H](OC(C)=O)/C(OC(C)=O)=C(/C)[C@@H](OC(C)=O)C[C@@H]1OC(=O)[C@H](O)[C@H](c1ccccc1)N(C)C)C2(C)C. The molecule has 16 heteroatoms. The molecule has 0 saturated heterocycles. The summed E-state index contributed by atoms with van der Waals surface area (Å²) >= 11 is 0. The van der Waals surface area contributed by atoms with E-state index in [-0.39, 0.29) is 23.3 Å². The predicted octanol–water partition coefficient (Wildman–Crippen LogP) is 4.38. The Morgan fingerprint density at radius 2 is 1.25 bits per heavy atom. The van der Waals surface area contributed by atoms with Crippen LogP contribution in [0.4, 0.5) is 0 Å². The van der Waals surface area contributed by atoms with Crippen LogP contribution in [0.5, 0.6) is 0 Å². The van der Waals surface area contributed by atoms with Crippen molar-refractivity contribution in [3.8, 4) is 0 Å². The van der Waals surface area contributed by atoms with Crippen LogP contribution in [0, 0.1) is 11.3 Å². The highest BCUT2D eigenvalue weighted by molar-refractivity contribution is 5.76. The largest absolute Gasteiger partial charge is 0.461 e. The summed E-state index contributed by atoms with van der Waals surface area (Å²) in [5.41, 5.74) is 0.338. The first-order chi connectivity index (χ1) is 27.5. The Morgan fingerprint density at radius 3 is 1.75 bits per heavy atom. The molecule has 2 aliphatic carbocycles. The van der Waals surface area contributed by atoms with Gasteiger partial charge in [0.25, 0.3) is 0 Å². The fraction of sp³-hybridized carbons (Fsp3) is 0.558. The number of nitrogens with zero attached hydrogens (tertiary/aromatic N) is 1. The van der Waals surface area contributed by atoms with Gasteiger partial charge in [0.15, 0.2) is 18.0 Å². The third-order valence-electron chi connectivity index (χ3n) is 10.4. The van der Waals surface area contributed by atoms with Gasteiger partial charge in [0.2, 0.25) is 0 Å². The highest BCUT2D eigenvalue weighted by Gasteiger charge is 2.52. The minimum absolute atomic E-state index is 0.0520. The van der Waals surface area contributed by atoms with E-state index in [4.69, 9.17) is 33.2 Å². The van der Waals surface area contributed by atoms with E-state index in [0.717, 1.165) is 27.7 Å². The normalized spacial score (nSPS) is 26.3. The minimum Gasteiger partial charge on any atom is -0.461 e. The van der Waals surface area contributed by atoms with Gasteiger partial charge >= 0.3 is 41.8 Å². The van der Waals surface area contributed by atoms with Crippen molar-refractivity contribution in [1.82, 2.24) is 4.90 Å². The summed E-state index contributed by atoms with van der Waals surface area (Å²) in [5.74, 6) is -6.71. The lowest BCUT2D eigenvalue weighted by atomic mass is 9.60. The molecular formula is C43H57NO15. The zero-order chi connectivity index (χ0) is 44.5. The van der Waals surface area contributed by atoms with Gasteiger partial charge < -0.3 is 38.3 Å². The first-order valence-corrected chi connectivity index (χ1v) is 19.2. The molecule has 0 heterocycles. The van der Waals surface area contributed by atoms with Crippen molar-refractivity contribution in [1.29, 1.82) is 0 Å². The summed E-state index contributed by atoms with van der Waals surface area (Å²) in [6.07, 6.45) is -7.34. The molecule has 0 radical (unpaired) electrons. The number of esters is 7. The fourth-order valence-corrected chi connectivity index (χ4v) is 7.88. The summed E-state index contributed by atoms with van der Waals surface area (Å²) in [4.78, 5) is 92.3. The molecule has 0 aromatic heterocycles. The number of ether oxygens (including phenoxy) is 7. The molecule has 324 valence electrons. The number of aliphatic hydroxyl groups excluding tert-OH is 1. The first kappa shape index (κ1) is 48.0. The van der Waals surface area contributed by atoms with Gasteiger partial charge in [-0.05, 0) is 62.6 Å². The van der Waals surface area contributed by atoms with Crippen LogP contribution >= 0.6 is 0 Å². The van der Waals surface area contributed by atoms with Gasteiger partial charge in [0.05, 0.1) is 6.04 Å². The highest BCUT2D eigenvalue weighted by Crippen LogP contribution is 2.52. The Bertz CT molecular complexity index is 1860. The molecule has 0 amide bonds. The van der Waals surface area contributed by atoms with Crippen LogP contribution in [0.1, 0.15) is 93.7 Å². The van der Waals surface area contributed by atoms with E-state index in [2.05, 4.69) is 0 Å². The van der Waals surface area contributed by atoms with Crippen molar-refractivity contribution < 1.29 is 71.8 Å². The minimum atomic E-state index is -1.79. The van der Waals surface area contributed by atoms with Gasteiger partial charge in [-0.25, -0.2) is 4.79 Å². The zero-order valence-corrected chi connectivity index (χ0v) is 35.8. The van der Waals surface area contributed by atoms with Crippen LogP contribution < -0.4 is 0 Å². The maximum absolute atomic E-state index is 14.2. The average Bonchev–Trinajstić information content (AvgIpc) is 3.10. The van der Waals surface area contributed by atoms with E-state index in [1.54, 1.807) is 70.1 Å². The van der Waals surface area contributed by atoms with Gasteiger partial charge in [-0.1, -0.05) is 44.2 Å². The Labute approximate surface area is 344 Å². The molecule has 0 saturated carbocycles. The molecule has 1 aromatic carbocycles. The third-order valence-corrected chi connectivity index (χ3v) is 10.4. The molecule has 2 bridgehead atoms. The van der Waals surface area contributed by atoms with E-state index in [0.29, 0.717) is 16.7 Å². The van der Waals surface area contributed by atoms with Crippen molar-refractivity contribution in [2.24, 2.45) is 11.3 Å². The zero-order valence-electron chi connectivity index (χ0n) is 35.8. The summed E-state index contributed by atoms with van der Waals surface area (Å²) in [5, 5.41) is 11.6. The first-order valence-electron chi connectivity index (χ1n) is 19.2. The van der Waals surface area contributed by atoms with Crippen LogP contribution in [-0.2, 0) is 66.7 Å². The molecule has 8 atom stereocenters. The molecule has 0 unspecified atom stereocenters. The number of likely N-dealkylation sites (N-methyl/N-ethyl adjacent to an activating group) is 1. The molecule has 0 spiro atoms. The van der Waals surface area contributed by atoms with Crippen LogP contribution in [0.3, 0.4) is 0 Å². The summed E-state index contributed by atoms with van der Waals surface area (Å²) < 4.78 is 41.0. The van der Waals surface area contributed by atoms with Crippen molar-refractivity contribution in [3.05, 3.63) is 70.0 Å². The molecule has 1 N–H and O–H groups in total. The van der Waals surface area contributed by atoms with Gasteiger partial charge in [-0.2, -0.15) is 0 Å². The number of hydrogen-bond acceptors (Lipinski definition) is 16. The van der Waals surface area contributed by atoms with Gasteiger partial charge in [-0.15, -0.1) is 0 Å². The van der Waals surface area contributed by atoms with Crippen LogP contribution in [0.15, 0.2) is 64.5 Å². The quantitative estimate of drug-likeness (QED) is 0.176. The molecule has 16 nitrogen and oxygen atoms in total.